The highest BCUT2D eigenvalue weighted by atomic mass is 14.6. The minimum absolute atomic E-state index is 0.0129. The summed E-state index contributed by atoms with van der Waals surface area (Å²) in [5.74, 6) is 3.21. The van der Waals surface area contributed by atoms with Gasteiger partial charge in [0.15, 0.2) is 0 Å². The Hall–Kier alpha value is -0.480. The first-order chi connectivity index (χ1) is 5.55. The third-order valence-corrected chi connectivity index (χ3v) is 3.08. The maximum Gasteiger partial charge on any atom is 0.0690 e. The van der Waals surface area contributed by atoms with E-state index in [1.54, 1.807) is 0 Å². The summed E-state index contributed by atoms with van der Waals surface area (Å²) >= 11 is 0. The van der Waals surface area contributed by atoms with Gasteiger partial charge in [0.05, 0.1) is 6.04 Å². The van der Waals surface area contributed by atoms with Crippen LogP contribution in [0.1, 0.15) is 39.5 Å². The standard InChI is InChI=1S/C11H19N/c1-4-10(12)9-5-7-11(2,3)8-6-9/h1,9-10H,5-8,12H2,2-3H3. The zero-order valence-corrected chi connectivity index (χ0v) is 8.14. The largest absolute Gasteiger partial charge is 0.317 e. The van der Waals surface area contributed by atoms with Crippen LogP contribution in [0.25, 0.3) is 0 Å². The summed E-state index contributed by atoms with van der Waals surface area (Å²) in [6.07, 6.45) is 10.3. The second kappa shape index (κ2) is 3.49. The van der Waals surface area contributed by atoms with Gasteiger partial charge in [0, 0.05) is 0 Å². The molecule has 1 unspecified atom stereocenters. The fourth-order valence-electron chi connectivity index (χ4n) is 1.92. The van der Waals surface area contributed by atoms with Crippen LogP contribution in [0.5, 0.6) is 0 Å². The molecule has 0 radical (unpaired) electrons. The van der Waals surface area contributed by atoms with Crippen molar-refractivity contribution < 1.29 is 0 Å². The lowest BCUT2D eigenvalue weighted by Gasteiger charge is -2.35. The van der Waals surface area contributed by atoms with Crippen LogP contribution in [0.2, 0.25) is 0 Å². The predicted molar refractivity (Wildman–Crippen MR) is 52.5 cm³/mol. The Bertz CT molecular complexity index is 178. The number of rotatable bonds is 1. The third kappa shape index (κ3) is 2.25. The molecule has 0 spiro atoms. The minimum atomic E-state index is -0.0129. The van der Waals surface area contributed by atoms with Crippen LogP contribution in [-0.2, 0) is 0 Å². The molecule has 1 fully saturated rings. The molecule has 1 rings (SSSR count). The van der Waals surface area contributed by atoms with Gasteiger partial charge in [-0.25, -0.2) is 0 Å². The van der Waals surface area contributed by atoms with Crippen LogP contribution < -0.4 is 5.73 Å². The van der Waals surface area contributed by atoms with Crippen LogP contribution in [0.4, 0.5) is 0 Å². The Kier molecular flexibility index (Phi) is 2.80. The van der Waals surface area contributed by atoms with Crippen LogP contribution >= 0.6 is 0 Å². The predicted octanol–water partition coefficient (Wildman–Crippen LogP) is 2.16. The van der Waals surface area contributed by atoms with Crippen molar-refractivity contribution in [1.82, 2.24) is 0 Å². The average Bonchev–Trinajstić information content (AvgIpc) is 2.03. The molecule has 0 aromatic carbocycles. The molecule has 0 amide bonds. The zero-order valence-electron chi connectivity index (χ0n) is 8.14. The lowest BCUT2D eigenvalue weighted by molar-refractivity contribution is 0.184. The first-order valence-corrected chi connectivity index (χ1v) is 4.77. The second-order valence-corrected chi connectivity index (χ2v) is 4.69. The number of nitrogens with two attached hydrogens (primary N) is 1. The fraction of sp³-hybridized carbons (Fsp3) is 0.818. The maximum atomic E-state index is 5.80. The molecule has 1 aliphatic carbocycles. The van der Waals surface area contributed by atoms with Gasteiger partial charge < -0.3 is 5.73 Å². The summed E-state index contributed by atoms with van der Waals surface area (Å²) in [6.45, 7) is 4.65. The molecular weight excluding hydrogens is 146 g/mol. The van der Waals surface area contributed by atoms with Gasteiger partial charge in [0.2, 0.25) is 0 Å². The van der Waals surface area contributed by atoms with E-state index in [9.17, 15) is 0 Å². The number of hydrogen-bond acceptors (Lipinski definition) is 1. The molecule has 1 atom stereocenters. The maximum absolute atomic E-state index is 5.80. The molecule has 2 N–H and O–H groups in total. The lowest BCUT2D eigenvalue weighted by atomic mass is 9.71. The smallest absolute Gasteiger partial charge is 0.0690 e. The van der Waals surface area contributed by atoms with E-state index in [-0.39, 0.29) is 6.04 Å². The second-order valence-electron chi connectivity index (χ2n) is 4.69. The van der Waals surface area contributed by atoms with Gasteiger partial charge in [-0.05, 0) is 37.0 Å². The summed E-state index contributed by atoms with van der Waals surface area (Å²) < 4.78 is 0. The van der Waals surface area contributed by atoms with Crippen LogP contribution in [0.3, 0.4) is 0 Å². The number of hydrogen-bond donors (Lipinski definition) is 1. The molecule has 0 heterocycles. The monoisotopic (exact) mass is 165 g/mol. The lowest BCUT2D eigenvalue weighted by Crippen LogP contribution is -2.33. The normalized spacial score (nSPS) is 26.2. The van der Waals surface area contributed by atoms with Crippen molar-refractivity contribution in [3.8, 4) is 12.3 Å². The van der Waals surface area contributed by atoms with Gasteiger partial charge in [-0.1, -0.05) is 19.8 Å². The van der Waals surface area contributed by atoms with Gasteiger partial charge in [-0.2, -0.15) is 0 Å². The van der Waals surface area contributed by atoms with E-state index in [1.165, 1.54) is 25.7 Å². The Balaban J connectivity index is 2.42. The number of terminal acetylenes is 1. The fourth-order valence-corrected chi connectivity index (χ4v) is 1.92. The van der Waals surface area contributed by atoms with Crippen molar-refractivity contribution in [1.29, 1.82) is 0 Å². The molecular formula is C11H19N. The van der Waals surface area contributed by atoms with Gasteiger partial charge in [0.1, 0.15) is 0 Å². The van der Waals surface area contributed by atoms with E-state index in [2.05, 4.69) is 19.8 Å². The first-order valence-electron chi connectivity index (χ1n) is 4.77. The van der Waals surface area contributed by atoms with Crippen molar-refractivity contribution in [2.24, 2.45) is 17.1 Å². The summed E-state index contributed by atoms with van der Waals surface area (Å²) in [7, 11) is 0. The Morgan fingerprint density at radius 1 is 1.42 bits per heavy atom. The molecule has 0 aliphatic heterocycles. The van der Waals surface area contributed by atoms with Crippen molar-refractivity contribution in [3.63, 3.8) is 0 Å². The molecule has 68 valence electrons. The van der Waals surface area contributed by atoms with Crippen LogP contribution in [0, 0.1) is 23.7 Å². The molecule has 0 aromatic rings. The van der Waals surface area contributed by atoms with Gasteiger partial charge in [0.25, 0.3) is 0 Å². The molecule has 1 saturated carbocycles. The topological polar surface area (TPSA) is 26.0 Å². The molecule has 1 aliphatic rings. The summed E-state index contributed by atoms with van der Waals surface area (Å²) in [6, 6.07) is -0.0129. The molecule has 12 heavy (non-hydrogen) atoms. The summed E-state index contributed by atoms with van der Waals surface area (Å²) in [5.41, 5.74) is 6.32. The van der Waals surface area contributed by atoms with E-state index in [0.717, 1.165) is 0 Å². The van der Waals surface area contributed by atoms with Crippen molar-refractivity contribution in [2.45, 2.75) is 45.6 Å². The molecule has 1 nitrogen and oxygen atoms in total. The first kappa shape index (κ1) is 9.61. The highest BCUT2D eigenvalue weighted by Gasteiger charge is 2.28. The Morgan fingerprint density at radius 2 is 1.92 bits per heavy atom. The Labute approximate surface area is 75.7 Å². The van der Waals surface area contributed by atoms with E-state index in [0.29, 0.717) is 11.3 Å². The van der Waals surface area contributed by atoms with Crippen molar-refractivity contribution in [2.75, 3.05) is 0 Å². The quantitative estimate of drug-likeness (QED) is 0.592. The molecule has 1 heteroatoms. The SMILES string of the molecule is C#CC(N)C1CCC(C)(C)CC1. The average molecular weight is 165 g/mol. The Morgan fingerprint density at radius 3 is 2.33 bits per heavy atom. The van der Waals surface area contributed by atoms with E-state index in [1.807, 2.05) is 0 Å². The minimum Gasteiger partial charge on any atom is -0.317 e. The van der Waals surface area contributed by atoms with E-state index in [4.69, 9.17) is 12.2 Å². The van der Waals surface area contributed by atoms with Gasteiger partial charge >= 0.3 is 0 Å². The molecule has 0 bridgehead atoms. The van der Waals surface area contributed by atoms with E-state index < -0.39 is 0 Å². The zero-order chi connectivity index (χ0) is 9.19. The van der Waals surface area contributed by atoms with Gasteiger partial charge in [-0.3, -0.25) is 0 Å². The van der Waals surface area contributed by atoms with Crippen molar-refractivity contribution >= 4 is 0 Å². The summed E-state index contributed by atoms with van der Waals surface area (Å²) in [4.78, 5) is 0. The molecule has 0 saturated heterocycles. The van der Waals surface area contributed by atoms with Gasteiger partial charge in [-0.15, -0.1) is 6.42 Å². The van der Waals surface area contributed by atoms with Crippen molar-refractivity contribution in [3.05, 3.63) is 0 Å². The third-order valence-electron chi connectivity index (χ3n) is 3.08. The van der Waals surface area contributed by atoms with Crippen LogP contribution in [0.15, 0.2) is 0 Å². The highest BCUT2D eigenvalue weighted by molar-refractivity contribution is 5.01. The highest BCUT2D eigenvalue weighted by Crippen LogP contribution is 2.38. The van der Waals surface area contributed by atoms with Crippen LogP contribution in [-0.4, -0.2) is 6.04 Å². The molecule has 0 aromatic heterocycles. The summed E-state index contributed by atoms with van der Waals surface area (Å²) in [5, 5.41) is 0. The van der Waals surface area contributed by atoms with E-state index >= 15 is 0 Å².